The average Bonchev–Trinajstić information content (AvgIpc) is 2.44. The Balaban J connectivity index is 3.73. The summed E-state index contributed by atoms with van der Waals surface area (Å²) in [4.78, 5) is 11.7. The number of quaternary nitrogens is 1. The summed E-state index contributed by atoms with van der Waals surface area (Å²) in [5, 5.41) is 3.06. The first-order valence-electron chi connectivity index (χ1n) is 7.87. The van der Waals surface area contributed by atoms with E-state index in [9.17, 15) is 4.79 Å². The van der Waals surface area contributed by atoms with Gasteiger partial charge in [-0.3, -0.25) is 4.79 Å². The molecular formula is C16H33N2O+. The number of unbranched alkanes of at least 4 members (excludes halogenated alkanes) is 2. The number of carbonyl (C=O) groups excluding carboxylic acids is 1. The molecule has 0 unspecified atom stereocenters. The van der Waals surface area contributed by atoms with E-state index in [0.29, 0.717) is 6.42 Å². The van der Waals surface area contributed by atoms with Crippen LogP contribution in [0.25, 0.3) is 0 Å². The van der Waals surface area contributed by atoms with Crippen LogP contribution in [0.15, 0.2) is 12.2 Å². The summed E-state index contributed by atoms with van der Waals surface area (Å²) < 4.78 is 1.10. The molecule has 0 aromatic rings. The molecule has 19 heavy (non-hydrogen) atoms. The van der Waals surface area contributed by atoms with Crippen molar-refractivity contribution in [3.05, 3.63) is 12.2 Å². The van der Waals surface area contributed by atoms with E-state index in [-0.39, 0.29) is 5.91 Å². The minimum atomic E-state index is 0.210. The first kappa shape index (κ1) is 18.2. The number of hydrogen-bond acceptors (Lipinski definition) is 1. The van der Waals surface area contributed by atoms with E-state index >= 15 is 0 Å². The standard InChI is InChI=1S/C16H32N2O/c1-5-9-10-11-12-13-16(19)17-14-15-18(6-2,7-3)8-4/h5,9H,6-8,10-15H2,1-4H3/p+1/b9-5+. The van der Waals surface area contributed by atoms with E-state index in [1.165, 1.54) is 0 Å². The average molecular weight is 269 g/mol. The van der Waals surface area contributed by atoms with Crippen molar-refractivity contribution in [2.45, 2.75) is 53.4 Å². The predicted molar refractivity (Wildman–Crippen MR) is 83.0 cm³/mol. The topological polar surface area (TPSA) is 29.1 Å². The van der Waals surface area contributed by atoms with Crippen LogP contribution in [0, 0.1) is 0 Å². The van der Waals surface area contributed by atoms with E-state index in [1.807, 2.05) is 6.92 Å². The van der Waals surface area contributed by atoms with Gasteiger partial charge in [-0.1, -0.05) is 12.2 Å². The Morgan fingerprint density at radius 1 is 1.11 bits per heavy atom. The van der Waals surface area contributed by atoms with Crippen molar-refractivity contribution in [1.82, 2.24) is 5.32 Å². The van der Waals surface area contributed by atoms with Crippen molar-refractivity contribution in [3.8, 4) is 0 Å². The number of allylic oxidation sites excluding steroid dienone is 2. The molecule has 0 rings (SSSR count). The molecule has 0 aliphatic carbocycles. The molecule has 0 radical (unpaired) electrons. The number of carbonyl (C=O) groups is 1. The monoisotopic (exact) mass is 269 g/mol. The van der Waals surface area contributed by atoms with Gasteiger partial charge in [-0.2, -0.15) is 0 Å². The van der Waals surface area contributed by atoms with E-state index in [2.05, 4.69) is 38.2 Å². The Labute approximate surface area is 119 Å². The maximum Gasteiger partial charge on any atom is 0.220 e. The lowest BCUT2D eigenvalue weighted by molar-refractivity contribution is -0.922. The minimum Gasteiger partial charge on any atom is -0.350 e. The zero-order valence-electron chi connectivity index (χ0n) is 13.4. The molecule has 3 heteroatoms. The normalized spacial score (nSPS) is 12.0. The fourth-order valence-corrected chi connectivity index (χ4v) is 2.38. The van der Waals surface area contributed by atoms with Crippen LogP contribution in [0.3, 0.4) is 0 Å². The summed E-state index contributed by atoms with van der Waals surface area (Å²) in [6.45, 7) is 14.0. The molecule has 0 aromatic carbocycles. The third kappa shape index (κ3) is 8.04. The van der Waals surface area contributed by atoms with Crippen molar-refractivity contribution in [3.63, 3.8) is 0 Å². The van der Waals surface area contributed by atoms with Crippen LogP contribution < -0.4 is 5.32 Å². The first-order chi connectivity index (χ1) is 9.14. The fraction of sp³-hybridized carbons (Fsp3) is 0.812. The van der Waals surface area contributed by atoms with Crippen molar-refractivity contribution in [1.29, 1.82) is 0 Å². The Kier molecular flexibility index (Phi) is 10.6. The molecule has 112 valence electrons. The number of rotatable bonds is 11. The molecule has 3 nitrogen and oxygen atoms in total. The molecule has 0 saturated heterocycles. The summed E-state index contributed by atoms with van der Waals surface area (Å²) in [7, 11) is 0. The second kappa shape index (κ2) is 11.0. The molecule has 0 saturated carbocycles. The zero-order valence-corrected chi connectivity index (χ0v) is 13.4. The molecule has 0 atom stereocenters. The lowest BCUT2D eigenvalue weighted by Crippen LogP contribution is -2.51. The molecule has 0 aromatic heterocycles. The van der Waals surface area contributed by atoms with Crippen LogP contribution >= 0.6 is 0 Å². The largest absolute Gasteiger partial charge is 0.350 e. The number of likely N-dealkylation sites (N-methyl/N-ethyl adjacent to an activating group) is 1. The van der Waals surface area contributed by atoms with Crippen LogP contribution in [-0.4, -0.2) is 43.1 Å². The highest BCUT2D eigenvalue weighted by Crippen LogP contribution is 2.04. The molecule has 0 bridgehead atoms. The van der Waals surface area contributed by atoms with E-state index in [1.54, 1.807) is 0 Å². The van der Waals surface area contributed by atoms with Gasteiger partial charge in [0.15, 0.2) is 0 Å². The van der Waals surface area contributed by atoms with Crippen molar-refractivity contribution >= 4 is 5.91 Å². The van der Waals surface area contributed by atoms with Crippen molar-refractivity contribution in [2.24, 2.45) is 0 Å². The van der Waals surface area contributed by atoms with Crippen LogP contribution in [0.4, 0.5) is 0 Å². The van der Waals surface area contributed by atoms with Gasteiger partial charge in [0, 0.05) is 6.42 Å². The van der Waals surface area contributed by atoms with Gasteiger partial charge in [-0.05, 0) is 47.0 Å². The quantitative estimate of drug-likeness (QED) is 0.348. The summed E-state index contributed by atoms with van der Waals surface area (Å²) in [6, 6.07) is 0. The molecule has 1 N–H and O–H groups in total. The Bertz CT molecular complexity index is 249. The lowest BCUT2D eigenvalue weighted by Gasteiger charge is -2.35. The first-order valence-corrected chi connectivity index (χ1v) is 7.87. The van der Waals surface area contributed by atoms with Gasteiger partial charge in [0.25, 0.3) is 0 Å². The molecule has 1 amide bonds. The molecule has 0 aliphatic heterocycles. The van der Waals surface area contributed by atoms with Crippen LogP contribution in [0.1, 0.15) is 53.4 Å². The molecular weight excluding hydrogens is 236 g/mol. The van der Waals surface area contributed by atoms with E-state index in [0.717, 1.165) is 56.5 Å². The van der Waals surface area contributed by atoms with Crippen LogP contribution in [0.5, 0.6) is 0 Å². The zero-order chi connectivity index (χ0) is 14.6. The summed E-state index contributed by atoms with van der Waals surface area (Å²) >= 11 is 0. The van der Waals surface area contributed by atoms with Crippen molar-refractivity contribution < 1.29 is 9.28 Å². The number of hydrogen-bond donors (Lipinski definition) is 1. The van der Waals surface area contributed by atoms with Gasteiger partial charge >= 0.3 is 0 Å². The number of nitrogens with zero attached hydrogens (tertiary/aromatic N) is 1. The number of amides is 1. The SMILES string of the molecule is C/C=C/CCCCC(=O)NCC[N+](CC)(CC)CC. The lowest BCUT2D eigenvalue weighted by atomic mass is 10.2. The molecule has 0 fully saturated rings. The smallest absolute Gasteiger partial charge is 0.220 e. The maximum atomic E-state index is 11.7. The third-order valence-corrected chi connectivity index (χ3v) is 4.18. The highest BCUT2D eigenvalue weighted by atomic mass is 16.1. The highest BCUT2D eigenvalue weighted by Gasteiger charge is 2.19. The van der Waals surface area contributed by atoms with Gasteiger partial charge in [0.1, 0.15) is 0 Å². The maximum absolute atomic E-state index is 11.7. The summed E-state index contributed by atoms with van der Waals surface area (Å²) in [6.07, 6.45) is 8.08. The Morgan fingerprint density at radius 3 is 2.26 bits per heavy atom. The van der Waals surface area contributed by atoms with E-state index in [4.69, 9.17) is 0 Å². The van der Waals surface area contributed by atoms with Crippen molar-refractivity contribution in [2.75, 3.05) is 32.7 Å². The fourth-order valence-electron chi connectivity index (χ4n) is 2.38. The van der Waals surface area contributed by atoms with Gasteiger partial charge in [-0.25, -0.2) is 0 Å². The summed E-state index contributed by atoms with van der Waals surface area (Å²) in [5.74, 6) is 0.210. The predicted octanol–water partition coefficient (Wildman–Crippen LogP) is 3.12. The third-order valence-electron chi connectivity index (χ3n) is 4.18. The second-order valence-corrected chi connectivity index (χ2v) is 5.18. The summed E-state index contributed by atoms with van der Waals surface area (Å²) in [5.41, 5.74) is 0. The molecule has 0 heterocycles. The van der Waals surface area contributed by atoms with Crippen LogP contribution in [0.2, 0.25) is 0 Å². The van der Waals surface area contributed by atoms with Gasteiger partial charge in [-0.15, -0.1) is 0 Å². The van der Waals surface area contributed by atoms with Gasteiger partial charge < -0.3 is 9.80 Å². The van der Waals surface area contributed by atoms with E-state index < -0.39 is 0 Å². The number of nitrogens with one attached hydrogen (secondary N) is 1. The Morgan fingerprint density at radius 2 is 1.74 bits per heavy atom. The van der Waals surface area contributed by atoms with Crippen LogP contribution in [-0.2, 0) is 4.79 Å². The minimum absolute atomic E-state index is 0.210. The Hall–Kier alpha value is -0.830. The second-order valence-electron chi connectivity index (χ2n) is 5.18. The molecule has 0 aliphatic rings. The molecule has 0 spiro atoms. The van der Waals surface area contributed by atoms with Gasteiger partial charge in [0.05, 0.1) is 32.7 Å². The highest BCUT2D eigenvalue weighted by molar-refractivity contribution is 5.75. The van der Waals surface area contributed by atoms with Gasteiger partial charge in [0.2, 0.25) is 5.91 Å².